The van der Waals surface area contributed by atoms with E-state index in [0.717, 1.165) is 0 Å². The third-order valence-corrected chi connectivity index (χ3v) is 5.43. The van der Waals surface area contributed by atoms with Gasteiger partial charge in [-0.25, -0.2) is 13.1 Å². The predicted molar refractivity (Wildman–Crippen MR) is 85.8 cm³/mol. The molecule has 5 nitrogen and oxygen atoms in total. The molecule has 0 aliphatic rings. The van der Waals surface area contributed by atoms with Gasteiger partial charge >= 0.3 is 0 Å². The first-order valence-corrected chi connectivity index (χ1v) is 8.07. The van der Waals surface area contributed by atoms with Crippen molar-refractivity contribution >= 4 is 22.4 Å². The fraction of sp³-hybridized carbons (Fsp3) is 0.500. The lowest BCUT2D eigenvalue weighted by Crippen LogP contribution is -2.52. The standard InChI is InChI=1S/C14H21N3O2S.ClH/c1-4-14(5-2,10-16)17-20(18,19)13-7-6-12(9-15)8-11(13)3;/h6-8,17H,4-5,10,16H2,1-3H3;1H. The van der Waals surface area contributed by atoms with Gasteiger partial charge in [0.15, 0.2) is 0 Å². The van der Waals surface area contributed by atoms with Crippen LogP contribution in [0.1, 0.15) is 37.8 Å². The monoisotopic (exact) mass is 331 g/mol. The van der Waals surface area contributed by atoms with E-state index in [0.29, 0.717) is 24.0 Å². The van der Waals surface area contributed by atoms with E-state index >= 15 is 0 Å². The molecule has 1 rings (SSSR count). The first kappa shape index (κ1) is 19.9. The zero-order valence-electron chi connectivity index (χ0n) is 12.5. The number of nitrogens with zero attached hydrogens (tertiary/aromatic N) is 1. The van der Waals surface area contributed by atoms with E-state index in [4.69, 9.17) is 11.0 Å². The minimum absolute atomic E-state index is 0. The predicted octanol–water partition coefficient (Wildman–Crippen LogP) is 2.08. The van der Waals surface area contributed by atoms with Crippen molar-refractivity contribution in [2.45, 2.75) is 44.0 Å². The van der Waals surface area contributed by atoms with Crippen LogP contribution < -0.4 is 10.5 Å². The number of benzene rings is 1. The van der Waals surface area contributed by atoms with Gasteiger partial charge in [0.1, 0.15) is 0 Å². The van der Waals surface area contributed by atoms with Gasteiger partial charge in [0.25, 0.3) is 0 Å². The number of aryl methyl sites for hydroxylation is 1. The maximum Gasteiger partial charge on any atom is 0.241 e. The largest absolute Gasteiger partial charge is 0.329 e. The number of nitrogens with one attached hydrogen (secondary N) is 1. The molecule has 0 aliphatic heterocycles. The summed E-state index contributed by atoms with van der Waals surface area (Å²) in [5, 5.41) is 8.82. The molecule has 118 valence electrons. The molecule has 0 saturated carbocycles. The van der Waals surface area contributed by atoms with E-state index < -0.39 is 15.6 Å². The van der Waals surface area contributed by atoms with Gasteiger partial charge in [-0.2, -0.15) is 5.26 Å². The molecule has 7 heteroatoms. The second-order valence-corrected chi connectivity index (χ2v) is 6.54. The second kappa shape index (κ2) is 7.76. The van der Waals surface area contributed by atoms with Crippen molar-refractivity contribution in [3.63, 3.8) is 0 Å². The minimum Gasteiger partial charge on any atom is -0.329 e. The summed E-state index contributed by atoms with van der Waals surface area (Å²) in [6.45, 7) is 5.74. The Kier molecular flexibility index (Phi) is 7.34. The molecule has 0 spiro atoms. The molecule has 0 bridgehead atoms. The second-order valence-electron chi connectivity index (χ2n) is 4.89. The molecular formula is C14H22ClN3O2S. The van der Waals surface area contributed by atoms with Gasteiger partial charge < -0.3 is 5.73 Å². The summed E-state index contributed by atoms with van der Waals surface area (Å²) in [5.41, 5.74) is 6.09. The summed E-state index contributed by atoms with van der Waals surface area (Å²) in [5.74, 6) is 0. The van der Waals surface area contributed by atoms with Crippen LogP contribution in [0, 0.1) is 18.3 Å². The van der Waals surface area contributed by atoms with Gasteiger partial charge in [-0.05, 0) is 43.5 Å². The van der Waals surface area contributed by atoms with Crippen LogP contribution in [0.2, 0.25) is 0 Å². The van der Waals surface area contributed by atoms with Crippen LogP contribution in [0.5, 0.6) is 0 Å². The summed E-state index contributed by atoms with van der Waals surface area (Å²) in [6, 6.07) is 6.52. The smallest absolute Gasteiger partial charge is 0.241 e. The van der Waals surface area contributed by atoms with Crippen LogP contribution in [0.4, 0.5) is 0 Å². The van der Waals surface area contributed by atoms with E-state index in [-0.39, 0.29) is 23.8 Å². The Labute approximate surface area is 133 Å². The fourth-order valence-corrected chi connectivity index (χ4v) is 3.87. The zero-order valence-corrected chi connectivity index (χ0v) is 14.1. The van der Waals surface area contributed by atoms with Crippen LogP contribution in [-0.2, 0) is 10.0 Å². The number of rotatable bonds is 6. The molecule has 1 aromatic carbocycles. The van der Waals surface area contributed by atoms with Gasteiger partial charge in [-0.3, -0.25) is 0 Å². The van der Waals surface area contributed by atoms with E-state index in [1.165, 1.54) is 12.1 Å². The van der Waals surface area contributed by atoms with Crippen molar-refractivity contribution in [1.82, 2.24) is 4.72 Å². The molecule has 0 amide bonds. The average Bonchev–Trinajstić information content (AvgIpc) is 2.44. The summed E-state index contributed by atoms with van der Waals surface area (Å²) in [7, 11) is -3.65. The van der Waals surface area contributed by atoms with Crippen molar-refractivity contribution in [1.29, 1.82) is 5.26 Å². The minimum atomic E-state index is -3.65. The highest BCUT2D eigenvalue weighted by Gasteiger charge is 2.31. The molecule has 3 N–H and O–H groups in total. The van der Waals surface area contributed by atoms with Gasteiger partial charge in [0.05, 0.1) is 16.5 Å². The molecule has 0 aromatic heterocycles. The van der Waals surface area contributed by atoms with Crippen LogP contribution in [0.15, 0.2) is 23.1 Å². The van der Waals surface area contributed by atoms with Crippen LogP contribution >= 0.6 is 12.4 Å². The van der Waals surface area contributed by atoms with E-state index in [1.54, 1.807) is 13.0 Å². The Hall–Kier alpha value is -1.13. The third kappa shape index (κ3) is 4.42. The highest BCUT2D eigenvalue weighted by atomic mass is 35.5. The molecule has 0 atom stereocenters. The third-order valence-electron chi connectivity index (χ3n) is 3.69. The van der Waals surface area contributed by atoms with Crippen LogP contribution in [-0.4, -0.2) is 20.5 Å². The lowest BCUT2D eigenvalue weighted by Gasteiger charge is -2.31. The zero-order chi connectivity index (χ0) is 15.4. The van der Waals surface area contributed by atoms with E-state index in [1.807, 2.05) is 19.9 Å². The Bertz CT molecular complexity index is 611. The Balaban J connectivity index is 0.00000400. The first-order valence-electron chi connectivity index (χ1n) is 6.59. The van der Waals surface area contributed by atoms with E-state index in [2.05, 4.69) is 4.72 Å². The number of hydrogen-bond acceptors (Lipinski definition) is 4. The number of hydrogen-bond donors (Lipinski definition) is 2. The number of halogens is 1. The van der Waals surface area contributed by atoms with Gasteiger partial charge in [0.2, 0.25) is 10.0 Å². The molecule has 0 fully saturated rings. The van der Waals surface area contributed by atoms with Crippen LogP contribution in [0.25, 0.3) is 0 Å². The average molecular weight is 332 g/mol. The summed E-state index contributed by atoms with van der Waals surface area (Å²) >= 11 is 0. The Morgan fingerprint density at radius 1 is 1.33 bits per heavy atom. The summed E-state index contributed by atoms with van der Waals surface area (Å²) in [6.07, 6.45) is 1.24. The quantitative estimate of drug-likeness (QED) is 0.834. The van der Waals surface area contributed by atoms with Crippen LogP contribution in [0.3, 0.4) is 0 Å². The van der Waals surface area contributed by atoms with Gasteiger partial charge in [-0.15, -0.1) is 12.4 Å². The Morgan fingerprint density at radius 3 is 2.29 bits per heavy atom. The van der Waals surface area contributed by atoms with Gasteiger partial charge in [-0.1, -0.05) is 13.8 Å². The summed E-state index contributed by atoms with van der Waals surface area (Å²) in [4.78, 5) is 0.191. The molecule has 1 aromatic rings. The fourth-order valence-electron chi connectivity index (χ4n) is 2.09. The van der Waals surface area contributed by atoms with Gasteiger partial charge in [0, 0.05) is 12.1 Å². The highest BCUT2D eigenvalue weighted by Crippen LogP contribution is 2.21. The maximum atomic E-state index is 12.5. The molecule has 0 radical (unpaired) electrons. The van der Waals surface area contributed by atoms with Crippen molar-refractivity contribution in [2.75, 3.05) is 6.54 Å². The number of sulfonamides is 1. The lowest BCUT2D eigenvalue weighted by molar-refractivity contribution is 0.363. The normalized spacial score (nSPS) is 11.6. The first-order chi connectivity index (χ1) is 9.34. The molecule has 0 unspecified atom stereocenters. The molecule has 0 saturated heterocycles. The highest BCUT2D eigenvalue weighted by molar-refractivity contribution is 7.89. The van der Waals surface area contributed by atoms with Crippen molar-refractivity contribution < 1.29 is 8.42 Å². The van der Waals surface area contributed by atoms with Crippen molar-refractivity contribution in [3.8, 4) is 6.07 Å². The van der Waals surface area contributed by atoms with Crippen molar-refractivity contribution in [3.05, 3.63) is 29.3 Å². The van der Waals surface area contributed by atoms with Crippen molar-refractivity contribution in [2.24, 2.45) is 5.73 Å². The van der Waals surface area contributed by atoms with E-state index in [9.17, 15) is 8.42 Å². The molecule has 0 aliphatic carbocycles. The molecular weight excluding hydrogens is 310 g/mol. The number of nitriles is 1. The summed E-state index contributed by atoms with van der Waals surface area (Å²) < 4.78 is 27.7. The molecule has 21 heavy (non-hydrogen) atoms. The molecule has 0 heterocycles. The number of nitrogens with two attached hydrogens (primary N) is 1. The SMILES string of the molecule is CCC(CC)(CN)NS(=O)(=O)c1ccc(C#N)cc1C.Cl. The topological polar surface area (TPSA) is 96.0 Å². The maximum absolute atomic E-state index is 12.5. The lowest BCUT2D eigenvalue weighted by atomic mass is 9.95. The Morgan fingerprint density at radius 2 is 1.90 bits per heavy atom.